The largest absolute Gasteiger partial charge is 0.126 e. The molecule has 0 bridgehead atoms. The van der Waals surface area contributed by atoms with Crippen LogP contribution in [0.1, 0.15) is 6.42 Å². The SMILES string of the molecule is C=O.C=O.C=O.C=O.C=O.C=O.[Cl][Re].[Cl][Re].c1ccc(SCCCSc2ccccc2)cc1.c1ccc(SCCSc2ccccc2)cc1. The van der Waals surface area contributed by atoms with E-state index >= 15 is 0 Å². The molecule has 4 aromatic rings. The summed E-state index contributed by atoms with van der Waals surface area (Å²) in [6.07, 6.45) is 1.25. The van der Waals surface area contributed by atoms with Gasteiger partial charge in [-0.15, -0.1) is 47.0 Å². The summed E-state index contributed by atoms with van der Waals surface area (Å²) in [7, 11) is 9.39. The van der Waals surface area contributed by atoms with Crippen LogP contribution in [0.5, 0.6) is 0 Å². The Morgan fingerprint density at radius 1 is 0.327 bits per heavy atom. The molecule has 0 saturated heterocycles. The fourth-order valence-corrected chi connectivity index (χ4v) is 6.59. The van der Waals surface area contributed by atoms with E-state index < -0.39 is 0 Å². The Morgan fingerprint density at radius 3 is 0.673 bits per heavy atom. The van der Waals surface area contributed by atoms with Gasteiger partial charge >= 0.3 is 55.4 Å². The zero-order valence-electron chi connectivity index (χ0n) is 26.9. The van der Waals surface area contributed by atoms with E-state index in [0.29, 0.717) is 0 Å². The van der Waals surface area contributed by atoms with Crippen molar-refractivity contribution in [2.75, 3.05) is 23.0 Å². The first kappa shape index (κ1) is 59.4. The maximum Gasteiger partial charge on any atom is 0.00745 e. The second-order valence-corrected chi connectivity index (χ2v) is 11.7. The van der Waals surface area contributed by atoms with Crippen molar-refractivity contribution in [1.82, 2.24) is 0 Å². The van der Waals surface area contributed by atoms with E-state index in [-0.39, 0.29) is 0 Å². The number of carbonyl (C=O) groups is 6. The first-order valence-electron chi connectivity index (χ1n) is 13.1. The van der Waals surface area contributed by atoms with Crippen molar-refractivity contribution in [2.24, 2.45) is 0 Å². The quantitative estimate of drug-likeness (QED) is 0.107. The van der Waals surface area contributed by atoms with Crippen LogP contribution in [-0.4, -0.2) is 63.7 Å². The number of carbonyl (C=O) groups excluding carboxylic acids is 6. The van der Waals surface area contributed by atoms with Gasteiger partial charge in [0.15, 0.2) is 0 Å². The first-order chi connectivity index (χ1) is 24.4. The summed E-state index contributed by atoms with van der Waals surface area (Å²) in [6, 6.07) is 42.4. The van der Waals surface area contributed by atoms with Crippen LogP contribution in [0.3, 0.4) is 0 Å². The average molecular weight is 1130 g/mol. The van der Waals surface area contributed by atoms with Crippen molar-refractivity contribution in [3.63, 3.8) is 0 Å². The van der Waals surface area contributed by atoms with Crippen LogP contribution < -0.4 is 0 Å². The van der Waals surface area contributed by atoms with Crippen LogP contribution in [0.15, 0.2) is 141 Å². The van der Waals surface area contributed by atoms with Crippen LogP contribution in [-0.2, 0) is 65.1 Å². The zero-order chi connectivity index (χ0) is 38.8. The Kier molecular flexibility index (Phi) is 74.4. The van der Waals surface area contributed by atoms with E-state index in [1.54, 1.807) is 0 Å². The molecule has 0 amide bonds. The van der Waals surface area contributed by atoms with Crippen LogP contribution in [0.25, 0.3) is 0 Å². The average Bonchev–Trinajstić information content (AvgIpc) is 3.24. The third kappa shape index (κ3) is 44.2. The van der Waals surface area contributed by atoms with Gasteiger partial charge in [-0.2, -0.15) is 0 Å². The Labute approximate surface area is 339 Å². The molecular weight excluding hydrogens is 1090 g/mol. The summed E-state index contributed by atoms with van der Waals surface area (Å²) >= 11 is 10.1. The zero-order valence-corrected chi connectivity index (χ0v) is 37.1. The van der Waals surface area contributed by atoms with Gasteiger partial charge in [0.2, 0.25) is 0 Å². The van der Waals surface area contributed by atoms with E-state index in [4.69, 9.17) is 47.8 Å². The predicted octanol–water partition coefficient (Wildman–Crippen LogP) is 9.80. The fourth-order valence-electron chi connectivity index (χ4n) is 2.82. The number of hydrogen-bond donors (Lipinski definition) is 0. The molecule has 270 valence electrons. The second kappa shape index (κ2) is 61.4. The molecule has 0 fully saturated rings. The van der Waals surface area contributed by atoms with Gasteiger partial charge in [-0.1, -0.05) is 72.8 Å². The van der Waals surface area contributed by atoms with E-state index in [2.05, 4.69) is 121 Å². The Bertz CT molecular complexity index is 1020. The van der Waals surface area contributed by atoms with E-state index in [9.17, 15) is 0 Å². The molecule has 0 aliphatic carbocycles. The van der Waals surface area contributed by atoms with Gasteiger partial charge < -0.3 is 28.8 Å². The molecule has 0 aliphatic heterocycles. The van der Waals surface area contributed by atoms with Crippen molar-refractivity contribution in [3.8, 4) is 0 Å². The van der Waals surface area contributed by atoms with Gasteiger partial charge in [0.1, 0.15) is 40.7 Å². The molecule has 0 N–H and O–H groups in total. The van der Waals surface area contributed by atoms with Crippen molar-refractivity contribution in [2.45, 2.75) is 26.0 Å². The van der Waals surface area contributed by atoms with E-state index in [1.807, 2.05) is 87.8 Å². The topological polar surface area (TPSA) is 102 Å². The first-order valence-corrected chi connectivity index (χ1v) is 23.8. The van der Waals surface area contributed by atoms with Crippen LogP contribution in [0.2, 0.25) is 0 Å². The molecule has 4 rings (SSSR count). The summed E-state index contributed by atoms with van der Waals surface area (Å²) in [5.41, 5.74) is 0. The molecule has 0 radical (unpaired) electrons. The number of thioether (sulfide) groups is 4. The Balaban J connectivity index is -0.000000134. The molecule has 6 nitrogen and oxygen atoms in total. The van der Waals surface area contributed by atoms with Gasteiger partial charge in [0, 0.05) is 31.1 Å². The normalized spacial score (nSPS) is 7.67. The molecule has 49 heavy (non-hydrogen) atoms. The van der Waals surface area contributed by atoms with Gasteiger partial charge in [-0.05, 0) is 66.5 Å². The molecular formula is C35H42Cl2O6Re2S4. The van der Waals surface area contributed by atoms with Crippen LogP contribution >= 0.6 is 66.1 Å². The second-order valence-electron chi connectivity index (χ2n) is 7.00. The van der Waals surface area contributed by atoms with Crippen molar-refractivity contribution in [3.05, 3.63) is 121 Å². The fraction of sp³-hybridized carbons (Fsp3) is 0.143. The monoisotopic (exact) mass is 1130 g/mol. The van der Waals surface area contributed by atoms with Crippen LogP contribution in [0.4, 0.5) is 0 Å². The van der Waals surface area contributed by atoms with Gasteiger partial charge in [-0.25, -0.2) is 0 Å². The Morgan fingerprint density at radius 2 is 0.490 bits per heavy atom. The molecule has 0 saturated carbocycles. The molecule has 0 unspecified atom stereocenters. The summed E-state index contributed by atoms with van der Waals surface area (Å²) < 4.78 is 0. The minimum absolute atomic E-state index is 1.16. The molecule has 0 heterocycles. The van der Waals surface area contributed by atoms with Crippen molar-refractivity contribution in [1.29, 1.82) is 0 Å². The van der Waals surface area contributed by atoms with Gasteiger partial charge in [0.25, 0.3) is 0 Å². The van der Waals surface area contributed by atoms with Crippen molar-refractivity contribution >= 4 is 107 Å². The van der Waals surface area contributed by atoms with Crippen LogP contribution in [0, 0.1) is 0 Å². The number of hydrogen-bond acceptors (Lipinski definition) is 10. The Hall–Kier alpha value is -1.80. The number of benzene rings is 4. The molecule has 0 aromatic heterocycles. The molecule has 14 heteroatoms. The minimum atomic E-state index is 1.16. The summed E-state index contributed by atoms with van der Waals surface area (Å²) in [4.78, 5) is 53.5. The third-order valence-electron chi connectivity index (χ3n) is 4.42. The smallest absolute Gasteiger partial charge is 0.00745 e. The maximum atomic E-state index is 8.00. The summed E-state index contributed by atoms with van der Waals surface area (Å²) in [6.45, 7) is 12.0. The maximum absolute atomic E-state index is 8.00. The molecule has 4 aromatic carbocycles. The summed E-state index contributed by atoms with van der Waals surface area (Å²) in [5.74, 6) is 4.71. The number of rotatable bonds is 11. The van der Waals surface area contributed by atoms with E-state index in [1.165, 1.54) is 73.9 Å². The predicted molar refractivity (Wildman–Crippen MR) is 208 cm³/mol. The molecule has 0 aliphatic rings. The minimum Gasteiger partial charge on any atom is -0.126 e. The summed E-state index contributed by atoms with van der Waals surface area (Å²) in [5, 5.41) is 0. The standard InChI is InChI=1S/C15H16S2.C14H14S2.6CH2O.2ClH.2Re/c1-3-8-14(9-4-1)16-12-7-13-17-15-10-5-2-6-11-15;1-3-7-13(8-4-1)15-11-12-16-14-9-5-2-6-10-14;6*1-2;;;;/h1-6,8-11H,7,12-13H2;1-10H,11-12H2;6*1H2;2*1H;;/q;;;;;;;;;;2*+1/p-2. The van der Waals surface area contributed by atoms with Crippen molar-refractivity contribution < 1.29 is 65.1 Å². The number of halogens is 2. The third-order valence-corrected chi connectivity index (χ3v) is 8.90. The molecule has 0 atom stereocenters. The van der Waals surface area contributed by atoms with Gasteiger partial charge in [-0.3, -0.25) is 0 Å². The van der Waals surface area contributed by atoms with Gasteiger partial charge in [0.05, 0.1) is 0 Å². The molecule has 0 spiro atoms. The van der Waals surface area contributed by atoms with E-state index in [0.717, 1.165) is 11.5 Å².